The van der Waals surface area contributed by atoms with Crippen LogP contribution in [0.5, 0.6) is 0 Å². The van der Waals surface area contributed by atoms with E-state index in [1.54, 1.807) is 28.8 Å². The summed E-state index contributed by atoms with van der Waals surface area (Å²) in [5.41, 5.74) is 0. The molecule has 218 valence electrons. The zero-order chi connectivity index (χ0) is 28.2. The van der Waals surface area contributed by atoms with Crippen LogP contribution in [0.25, 0.3) is 0 Å². The third-order valence-electron chi connectivity index (χ3n) is 8.93. The van der Waals surface area contributed by atoms with E-state index < -0.39 is 22.6 Å². The normalized spacial score (nSPS) is 31.8. The molecule has 0 radical (unpaired) electrons. The Bertz CT molecular complexity index is 927. The van der Waals surface area contributed by atoms with Crippen LogP contribution < -0.4 is 0 Å². The number of thioether (sulfide) groups is 1. The first kappa shape index (κ1) is 30.1. The van der Waals surface area contributed by atoms with Gasteiger partial charge in [0.1, 0.15) is 6.04 Å². The predicted octanol–water partition coefficient (Wildman–Crippen LogP) is 1.48. The van der Waals surface area contributed by atoms with Crippen LogP contribution >= 0.6 is 11.8 Å². The Hall–Kier alpha value is -1.88. The standard InChI is InChI=1S/C29H46N4O5S/c1-5-9-31(10-6-2)26(35)23-22-20-21(4)29(39-22)24(23)27(36)33(12-8-17-34)25(29)28(37)32(11-7-3)14-13-30-15-18-38-19-16-30/h5,7,21-25,34H,1,3,6,8-20H2,2,4H3/t21?,22-,23+,24-,25?,29?/m0/s1. The number of aliphatic hydroxyl groups excluding tert-OH is 1. The van der Waals surface area contributed by atoms with Crippen LogP contribution in [-0.2, 0) is 19.1 Å². The lowest BCUT2D eigenvalue weighted by Crippen LogP contribution is -2.58. The second-order valence-corrected chi connectivity index (χ2v) is 12.8. The Balaban J connectivity index is 1.66. The van der Waals surface area contributed by atoms with E-state index in [2.05, 4.69) is 25.0 Å². The SMILES string of the molecule is C=CCN(CCN1CCOCC1)C(=O)C1N(CCCO)C(=O)[C@@H]2[C@H](C(=O)N(CC=C)CCC)[C@@H]3CC(C)C12S3. The highest BCUT2D eigenvalue weighted by Crippen LogP contribution is 2.68. The topological polar surface area (TPSA) is 93.6 Å². The molecule has 0 aromatic carbocycles. The number of rotatable bonds is 14. The average Bonchev–Trinajstić information content (AvgIpc) is 3.53. The van der Waals surface area contributed by atoms with E-state index in [9.17, 15) is 19.5 Å². The number of carbonyl (C=O) groups is 3. The maximum absolute atomic E-state index is 14.5. The highest BCUT2D eigenvalue weighted by Gasteiger charge is 2.76. The van der Waals surface area contributed by atoms with E-state index in [4.69, 9.17) is 4.74 Å². The molecule has 0 aromatic rings. The molecule has 10 heteroatoms. The number of nitrogens with zero attached hydrogens (tertiary/aromatic N) is 4. The van der Waals surface area contributed by atoms with Gasteiger partial charge < -0.3 is 24.5 Å². The minimum Gasteiger partial charge on any atom is -0.396 e. The first-order valence-electron chi connectivity index (χ1n) is 14.5. The molecule has 0 aliphatic carbocycles. The van der Waals surface area contributed by atoms with Gasteiger partial charge in [-0.2, -0.15) is 0 Å². The zero-order valence-electron chi connectivity index (χ0n) is 23.6. The minimum atomic E-state index is -0.659. The fraction of sp³-hybridized carbons (Fsp3) is 0.759. The van der Waals surface area contributed by atoms with Crippen molar-refractivity contribution in [3.8, 4) is 0 Å². The molecule has 0 saturated carbocycles. The minimum absolute atomic E-state index is 0.00634. The quantitative estimate of drug-likeness (QED) is 0.321. The van der Waals surface area contributed by atoms with Gasteiger partial charge in [0, 0.05) is 64.2 Å². The van der Waals surface area contributed by atoms with Gasteiger partial charge in [0.25, 0.3) is 0 Å². The smallest absolute Gasteiger partial charge is 0.247 e. The largest absolute Gasteiger partial charge is 0.396 e. The fourth-order valence-corrected chi connectivity index (χ4v) is 9.61. The number of aliphatic hydroxyl groups is 1. The molecule has 6 atom stereocenters. The van der Waals surface area contributed by atoms with Crippen LogP contribution in [0.3, 0.4) is 0 Å². The summed E-state index contributed by atoms with van der Waals surface area (Å²) < 4.78 is 4.82. The van der Waals surface area contributed by atoms with Crippen molar-refractivity contribution in [1.82, 2.24) is 19.6 Å². The monoisotopic (exact) mass is 562 g/mol. The van der Waals surface area contributed by atoms with Gasteiger partial charge in [0.05, 0.1) is 29.8 Å². The molecule has 0 aromatic heterocycles. The molecule has 2 bridgehead atoms. The van der Waals surface area contributed by atoms with E-state index in [0.29, 0.717) is 52.4 Å². The van der Waals surface area contributed by atoms with Gasteiger partial charge in [-0.05, 0) is 25.2 Å². The molecule has 4 aliphatic heterocycles. The number of hydrogen-bond donors (Lipinski definition) is 1. The molecule has 9 nitrogen and oxygen atoms in total. The Morgan fingerprint density at radius 1 is 1.13 bits per heavy atom. The summed E-state index contributed by atoms with van der Waals surface area (Å²) in [4.78, 5) is 50.3. The predicted molar refractivity (Wildman–Crippen MR) is 153 cm³/mol. The first-order valence-corrected chi connectivity index (χ1v) is 15.4. The molecule has 4 heterocycles. The van der Waals surface area contributed by atoms with Crippen LogP contribution in [0.15, 0.2) is 25.3 Å². The molecule has 1 N–H and O–H groups in total. The highest BCUT2D eigenvalue weighted by atomic mass is 32.2. The summed E-state index contributed by atoms with van der Waals surface area (Å²) in [7, 11) is 0. The lowest BCUT2D eigenvalue weighted by atomic mass is 9.65. The molecular weight excluding hydrogens is 516 g/mol. The van der Waals surface area contributed by atoms with Crippen molar-refractivity contribution < 1.29 is 24.2 Å². The Morgan fingerprint density at radius 3 is 2.41 bits per heavy atom. The van der Waals surface area contributed by atoms with Crippen molar-refractivity contribution in [3.05, 3.63) is 25.3 Å². The maximum Gasteiger partial charge on any atom is 0.247 e. The van der Waals surface area contributed by atoms with E-state index in [-0.39, 0.29) is 35.5 Å². The third-order valence-corrected chi connectivity index (χ3v) is 11.0. The summed E-state index contributed by atoms with van der Waals surface area (Å²) in [5.74, 6) is -1.04. The number of fused-ring (bicyclic) bond motifs is 1. The second-order valence-electron chi connectivity index (χ2n) is 11.3. The molecular formula is C29H46N4O5S. The van der Waals surface area contributed by atoms with E-state index >= 15 is 0 Å². The molecule has 4 saturated heterocycles. The van der Waals surface area contributed by atoms with Crippen molar-refractivity contribution in [2.45, 2.75) is 49.1 Å². The summed E-state index contributed by atoms with van der Waals surface area (Å²) >= 11 is 1.71. The van der Waals surface area contributed by atoms with Gasteiger partial charge in [-0.1, -0.05) is 26.0 Å². The van der Waals surface area contributed by atoms with Crippen molar-refractivity contribution in [2.75, 3.05) is 72.2 Å². The van der Waals surface area contributed by atoms with E-state index in [1.807, 2.05) is 16.7 Å². The highest BCUT2D eigenvalue weighted by molar-refractivity contribution is 8.02. The zero-order valence-corrected chi connectivity index (χ0v) is 24.4. The number of carbonyl (C=O) groups excluding carboxylic acids is 3. The fourth-order valence-electron chi connectivity index (χ4n) is 7.20. The Kier molecular flexibility index (Phi) is 10.2. The second kappa shape index (κ2) is 13.2. The van der Waals surface area contributed by atoms with Gasteiger partial charge in [-0.3, -0.25) is 19.3 Å². The molecule has 4 fully saturated rings. The Morgan fingerprint density at radius 2 is 1.79 bits per heavy atom. The number of hydrogen-bond acceptors (Lipinski definition) is 7. The van der Waals surface area contributed by atoms with Gasteiger partial charge in [-0.15, -0.1) is 24.9 Å². The number of ether oxygens (including phenoxy) is 1. The number of likely N-dealkylation sites (tertiary alicyclic amines) is 1. The van der Waals surface area contributed by atoms with Crippen molar-refractivity contribution in [3.63, 3.8) is 0 Å². The van der Waals surface area contributed by atoms with Crippen molar-refractivity contribution >= 4 is 29.5 Å². The van der Waals surface area contributed by atoms with E-state index in [0.717, 1.165) is 32.5 Å². The Labute approximate surface area is 237 Å². The molecule has 1 spiro atoms. The molecule has 3 amide bonds. The first-order chi connectivity index (χ1) is 18.8. The molecule has 4 aliphatic rings. The van der Waals surface area contributed by atoms with Crippen molar-refractivity contribution in [2.24, 2.45) is 17.8 Å². The number of morpholine rings is 1. The van der Waals surface area contributed by atoms with Crippen LogP contribution in [0.1, 0.15) is 33.1 Å². The lowest BCUT2D eigenvalue weighted by Gasteiger charge is -2.41. The molecule has 3 unspecified atom stereocenters. The summed E-state index contributed by atoms with van der Waals surface area (Å²) in [6.45, 7) is 18.0. The lowest BCUT2D eigenvalue weighted by molar-refractivity contribution is -0.145. The molecule has 4 rings (SSSR count). The summed E-state index contributed by atoms with van der Waals surface area (Å²) in [5, 5.41) is 9.65. The molecule has 39 heavy (non-hydrogen) atoms. The van der Waals surface area contributed by atoms with Crippen molar-refractivity contribution in [1.29, 1.82) is 0 Å². The van der Waals surface area contributed by atoms with Crippen LogP contribution in [0.2, 0.25) is 0 Å². The summed E-state index contributed by atoms with van der Waals surface area (Å²) in [6, 6.07) is -0.659. The summed E-state index contributed by atoms with van der Waals surface area (Å²) in [6.07, 6.45) is 5.52. The van der Waals surface area contributed by atoms with Crippen LogP contribution in [0.4, 0.5) is 0 Å². The average molecular weight is 563 g/mol. The van der Waals surface area contributed by atoms with Crippen LogP contribution in [0, 0.1) is 17.8 Å². The van der Waals surface area contributed by atoms with Gasteiger partial charge in [0.15, 0.2) is 0 Å². The van der Waals surface area contributed by atoms with Gasteiger partial charge >= 0.3 is 0 Å². The maximum atomic E-state index is 14.5. The third kappa shape index (κ3) is 5.54. The van der Waals surface area contributed by atoms with E-state index in [1.165, 1.54) is 0 Å². The van der Waals surface area contributed by atoms with Crippen LogP contribution in [-0.4, -0.2) is 131 Å². The van der Waals surface area contributed by atoms with Gasteiger partial charge in [-0.25, -0.2) is 0 Å². The van der Waals surface area contributed by atoms with Gasteiger partial charge in [0.2, 0.25) is 17.7 Å². The number of amides is 3.